The van der Waals surface area contributed by atoms with Gasteiger partial charge in [0.15, 0.2) is 0 Å². The molecule has 0 radical (unpaired) electrons. The van der Waals surface area contributed by atoms with Gasteiger partial charge in [0, 0.05) is 36.9 Å². The van der Waals surface area contributed by atoms with Gasteiger partial charge in [-0.15, -0.1) is 0 Å². The number of ether oxygens (including phenoxy) is 2. The highest BCUT2D eigenvalue weighted by atomic mass is 16.5. The van der Waals surface area contributed by atoms with Crippen molar-refractivity contribution in [2.45, 2.75) is 32.2 Å². The van der Waals surface area contributed by atoms with Gasteiger partial charge in [0.2, 0.25) is 0 Å². The minimum atomic E-state index is 0.494. The minimum Gasteiger partial charge on any atom is -0.492 e. The average molecular weight is 236 g/mol. The maximum absolute atomic E-state index is 5.75. The Morgan fingerprint density at radius 3 is 2.88 bits per heavy atom. The van der Waals surface area contributed by atoms with Crippen LogP contribution in [0.3, 0.4) is 0 Å². The highest BCUT2D eigenvalue weighted by Crippen LogP contribution is 2.28. The van der Waals surface area contributed by atoms with Gasteiger partial charge in [-0.3, -0.25) is 4.98 Å². The highest BCUT2D eigenvalue weighted by molar-refractivity contribution is 5.33. The third-order valence-electron chi connectivity index (χ3n) is 3.13. The minimum absolute atomic E-state index is 0.494. The predicted molar refractivity (Wildman–Crippen MR) is 66.1 cm³/mol. The summed E-state index contributed by atoms with van der Waals surface area (Å²) < 4.78 is 10.9. The highest BCUT2D eigenvalue weighted by Gasteiger charge is 2.18. The van der Waals surface area contributed by atoms with E-state index in [2.05, 4.69) is 11.1 Å². The van der Waals surface area contributed by atoms with Crippen molar-refractivity contribution in [1.82, 2.24) is 4.98 Å². The summed E-state index contributed by atoms with van der Waals surface area (Å²) in [5.74, 6) is 1.32. The van der Waals surface area contributed by atoms with Crippen LogP contribution < -0.4 is 10.5 Å². The lowest BCUT2D eigenvalue weighted by molar-refractivity contribution is 0.0844. The van der Waals surface area contributed by atoms with Gasteiger partial charge in [-0.05, 0) is 25.8 Å². The number of nitrogens with two attached hydrogens (primary N) is 1. The molecule has 1 aromatic rings. The molecule has 4 nitrogen and oxygen atoms in total. The molecule has 4 heteroatoms. The third-order valence-corrected chi connectivity index (χ3v) is 3.13. The quantitative estimate of drug-likeness (QED) is 0.866. The Hall–Kier alpha value is -1.13. The molecule has 0 bridgehead atoms. The summed E-state index contributed by atoms with van der Waals surface area (Å²) in [6, 6.07) is 2.08. The zero-order valence-corrected chi connectivity index (χ0v) is 10.3. The lowest BCUT2D eigenvalue weighted by Gasteiger charge is -2.22. The third kappa shape index (κ3) is 2.96. The first-order valence-corrected chi connectivity index (χ1v) is 6.24. The summed E-state index contributed by atoms with van der Waals surface area (Å²) in [6.07, 6.45) is 3.90. The van der Waals surface area contributed by atoms with E-state index in [1.807, 2.05) is 6.92 Å². The largest absolute Gasteiger partial charge is 0.492 e. The van der Waals surface area contributed by atoms with Crippen molar-refractivity contribution in [2.24, 2.45) is 5.73 Å². The summed E-state index contributed by atoms with van der Waals surface area (Å²) in [5, 5.41) is 0. The Labute approximate surface area is 102 Å². The number of aromatic nitrogens is 1. The first kappa shape index (κ1) is 12.3. The van der Waals surface area contributed by atoms with E-state index in [9.17, 15) is 0 Å². The predicted octanol–water partition coefficient (Wildman–Crippen LogP) is 1.83. The molecule has 0 saturated carbocycles. The molecular weight excluding hydrogens is 216 g/mol. The molecule has 1 aliphatic heterocycles. The fourth-order valence-electron chi connectivity index (χ4n) is 2.16. The molecule has 1 aliphatic rings. The Bertz CT molecular complexity index is 362. The maximum Gasteiger partial charge on any atom is 0.142 e. The van der Waals surface area contributed by atoms with Crippen LogP contribution in [0.5, 0.6) is 5.75 Å². The summed E-state index contributed by atoms with van der Waals surface area (Å²) in [4.78, 5) is 4.49. The lowest BCUT2D eigenvalue weighted by atomic mass is 9.95. The summed E-state index contributed by atoms with van der Waals surface area (Å²) in [7, 11) is 0. The average Bonchev–Trinajstić information content (AvgIpc) is 2.40. The molecule has 1 saturated heterocycles. The first-order chi connectivity index (χ1) is 8.35. The maximum atomic E-state index is 5.75. The van der Waals surface area contributed by atoms with Crippen molar-refractivity contribution < 1.29 is 9.47 Å². The number of pyridine rings is 1. The Morgan fingerprint density at radius 1 is 1.47 bits per heavy atom. The zero-order chi connectivity index (χ0) is 12.1. The molecule has 0 aliphatic carbocycles. The standard InChI is InChI=1S/C13H20N2O2/c1-2-17-13-9-15-12(7-11(13)8-14)10-3-5-16-6-4-10/h7,9-10H,2-6,8,14H2,1H3. The van der Waals surface area contributed by atoms with Crippen molar-refractivity contribution in [3.8, 4) is 5.75 Å². The SMILES string of the molecule is CCOc1cnc(C2CCOCC2)cc1CN. The molecule has 2 heterocycles. The molecule has 1 aromatic heterocycles. The monoisotopic (exact) mass is 236 g/mol. The molecule has 17 heavy (non-hydrogen) atoms. The van der Waals surface area contributed by atoms with Gasteiger partial charge in [0.05, 0.1) is 12.8 Å². The number of hydrogen-bond acceptors (Lipinski definition) is 4. The molecule has 1 fully saturated rings. The van der Waals surface area contributed by atoms with Gasteiger partial charge in [0.25, 0.3) is 0 Å². The van der Waals surface area contributed by atoms with E-state index in [1.165, 1.54) is 0 Å². The van der Waals surface area contributed by atoms with Crippen molar-refractivity contribution in [2.75, 3.05) is 19.8 Å². The number of nitrogens with zero attached hydrogens (tertiary/aromatic N) is 1. The second-order valence-electron chi connectivity index (χ2n) is 4.24. The van der Waals surface area contributed by atoms with E-state index >= 15 is 0 Å². The second-order valence-corrected chi connectivity index (χ2v) is 4.24. The normalized spacial score (nSPS) is 17.1. The Kier molecular flexibility index (Phi) is 4.34. The van der Waals surface area contributed by atoms with Gasteiger partial charge < -0.3 is 15.2 Å². The Balaban J connectivity index is 2.17. The molecule has 0 aromatic carbocycles. The lowest BCUT2D eigenvalue weighted by Crippen LogP contribution is -2.16. The molecule has 0 amide bonds. The van der Waals surface area contributed by atoms with Gasteiger partial charge in [-0.1, -0.05) is 0 Å². The fraction of sp³-hybridized carbons (Fsp3) is 0.615. The van der Waals surface area contributed by atoms with E-state index in [0.29, 0.717) is 19.1 Å². The zero-order valence-electron chi connectivity index (χ0n) is 10.3. The molecule has 94 valence electrons. The summed E-state index contributed by atoms with van der Waals surface area (Å²) >= 11 is 0. The van der Waals surface area contributed by atoms with Crippen LogP contribution in [-0.4, -0.2) is 24.8 Å². The van der Waals surface area contributed by atoms with Crippen LogP contribution in [0.4, 0.5) is 0 Å². The van der Waals surface area contributed by atoms with Crippen LogP contribution in [0.2, 0.25) is 0 Å². The summed E-state index contributed by atoms with van der Waals surface area (Å²) in [5.41, 5.74) is 7.91. The van der Waals surface area contributed by atoms with E-state index < -0.39 is 0 Å². The van der Waals surface area contributed by atoms with Gasteiger partial charge in [-0.25, -0.2) is 0 Å². The molecule has 0 unspecified atom stereocenters. The fourth-order valence-corrected chi connectivity index (χ4v) is 2.16. The van der Waals surface area contributed by atoms with E-state index in [1.54, 1.807) is 6.20 Å². The van der Waals surface area contributed by atoms with Crippen molar-refractivity contribution in [3.63, 3.8) is 0 Å². The van der Waals surface area contributed by atoms with Gasteiger partial charge in [-0.2, -0.15) is 0 Å². The van der Waals surface area contributed by atoms with Crippen LogP contribution in [0.1, 0.15) is 36.9 Å². The second kappa shape index (κ2) is 5.98. The van der Waals surface area contributed by atoms with Crippen LogP contribution in [-0.2, 0) is 11.3 Å². The smallest absolute Gasteiger partial charge is 0.142 e. The number of rotatable bonds is 4. The van der Waals surface area contributed by atoms with Crippen molar-refractivity contribution in [3.05, 3.63) is 23.5 Å². The van der Waals surface area contributed by atoms with Crippen LogP contribution >= 0.6 is 0 Å². The number of hydrogen-bond donors (Lipinski definition) is 1. The van der Waals surface area contributed by atoms with Gasteiger partial charge in [0.1, 0.15) is 5.75 Å². The van der Waals surface area contributed by atoms with E-state index in [-0.39, 0.29) is 0 Å². The van der Waals surface area contributed by atoms with Crippen LogP contribution in [0, 0.1) is 0 Å². The van der Waals surface area contributed by atoms with Crippen molar-refractivity contribution in [1.29, 1.82) is 0 Å². The Morgan fingerprint density at radius 2 is 2.24 bits per heavy atom. The van der Waals surface area contributed by atoms with Crippen LogP contribution in [0.25, 0.3) is 0 Å². The van der Waals surface area contributed by atoms with Gasteiger partial charge >= 0.3 is 0 Å². The topological polar surface area (TPSA) is 57.4 Å². The van der Waals surface area contributed by atoms with E-state index in [0.717, 1.165) is 43.1 Å². The molecule has 0 spiro atoms. The summed E-state index contributed by atoms with van der Waals surface area (Å²) in [6.45, 7) is 4.76. The molecule has 2 N–H and O–H groups in total. The molecular formula is C13H20N2O2. The molecule has 2 rings (SSSR count). The molecule has 0 atom stereocenters. The van der Waals surface area contributed by atoms with E-state index in [4.69, 9.17) is 15.2 Å². The van der Waals surface area contributed by atoms with Crippen LogP contribution in [0.15, 0.2) is 12.3 Å². The van der Waals surface area contributed by atoms with Crippen molar-refractivity contribution >= 4 is 0 Å². The first-order valence-electron chi connectivity index (χ1n) is 6.24.